The molecule has 0 aromatic carbocycles. The van der Waals surface area contributed by atoms with Gasteiger partial charge in [0.15, 0.2) is 0 Å². The average molecular weight is 224 g/mol. The molecule has 0 aliphatic carbocycles. The molecule has 0 bridgehead atoms. The van der Waals surface area contributed by atoms with E-state index in [0.717, 1.165) is 0 Å². The molecule has 2 unspecified atom stereocenters. The van der Waals surface area contributed by atoms with E-state index in [2.05, 4.69) is 0 Å². The predicted octanol–water partition coefficient (Wildman–Crippen LogP) is 1.34. The van der Waals surface area contributed by atoms with Gasteiger partial charge in [-0.05, 0) is 26.1 Å². The van der Waals surface area contributed by atoms with Gasteiger partial charge in [0.2, 0.25) is 16.3 Å². The van der Waals surface area contributed by atoms with Crippen molar-refractivity contribution in [3.05, 3.63) is 0 Å². The molecule has 0 saturated carbocycles. The van der Waals surface area contributed by atoms with Crippen molar-refractivity contribution in [3.63, 3.8) is 0 Å². The summed E-state index contributed by atoms with van der Waals surface area (Å²) in [7, 11) is 0. The van der Waals surface area contributed by atoms with Crippen LogP contribution in [0.25, 0.3) is 0 Å². The van der Waals surface area contributed by atoms with Crippen molar-refractivity contribution in [1.29, 1.82) is 0 Å². The van der Waals surface area contributed by atoms with Gasteiger partial charge in [-0.25, -0.2) is 13.6 Å². The molecule has 1 heterocycles. The lowest BCUT2D eigenvalue weighted by atomic mass is 10.0. The van der Waals surface area contributed by atoms with Gasteiger partial charge in [-0.2, -0.15) is 0 Å². The average Bonchev–Trinajstić information content (AvgIpc) is 2.15. The van der Waals surface area contributed by atoms with E-state index in [-0.39, 0.29) is 5.05 Å². The first-order chi connectivity index (χ1) is 6.38. The van der Waals surface area contributed by atoms with Crippen LogP contribution in [0.15, 0.2) is 0 Å². The molecule has 6 heteroatoms. The van der Waals surface area contributed by atoms with E-state index in [1.165, 1.54) is 13.8 Å². The first-order valence-electron chi connectivity index (χ1n) is 3.97. The Morgan fingerprint density at radius 3 is 2.14 bits per heavy atom. The Labute approximate surface area is 85.4 Å². The number of cyclic esters (lactones) is 1. The number of alkyl halides is 2. The van der Waals surface area contributed by atoms with Gasteiger partial charge in [0.05, 0.1) is 0 Å². The Morgan fingerprint density at radius 1 is 1.21 bits per heavy atom. The third-order valence-electron chi connectivity index (χ3n) is 2.01. The molecule has 1 rings (SSSR count). The number of esters is 1. The van der Waals surface area contributed by atoms with Gasteiger partial charge in [0.1, 0.15) is 13.3 Å². The molecule has 1 aliphatic heterocycles. The second-order valence-corrected chi connectivity index (χ2v) is 3.88. The Balaban J connectivity index is 2.93. The van der Waals surface area contributed by atoms with E-state index in [1.807, 2.05) is 0 Å². The van der Waals surface area contributed by atoms with E-state index < -0.39 is 30.5 Å². The third kappa shape index (κ3) is 1.58. The molecule has 0 N–H and O–H groups in total. The first kappa shape index (κ1) is 11.3. The SMILES string of the molecule is CC1(CF)OC(=S)C(C)(CF)OC1=O. The number of hydrogen-bond donors (Lipinski definition) is 0. The summed E-state index contributed by atoms with van der Waals surface area (Å²) in [6, 6.07) is 0. The Hall–Kier alpha value is -0.780. The van der Waals surface area contributed by atoms with Crippen molar-refractivity contribution in [2.75, 3.05) is 13.3 Å². The highest BCUT2D eigenvalue weighted by Crippen LogP contribution is 2.29. The number of thiocarbonyl (C=S) groups is 1. The molecule has 0 spiro atoms. The maximum Gasteiger partial charge on any atom is 0.354 e. The van der Waals surface area contributed by atoms with Gasteiger partial charge in [-0.15, -0.1) is 0 Å². The summed E-state index contributed by atoms with van der Waals surface area (Å²) >= 11 is 4.70. The molecule has 1 fully saturated rings. The van der Waals surface area contributed by atoms with Crippen LogP contribution in [0.1, 0.15) is 13.8 Å². The fourth-order valence-electron chi connectivity index (χ4n) is 0.872. The molecule has 0 amide bonds. The number of ether oxygens (including phenoxy) is 2. The number of hydrogen-bond acceptors (Lipinski definition) is 4. The Morgan fingerprint density at radius 2 is 1.71 bits per heavy atom. The van der Waals surface area contributed by atoms with E-state index in [9.17, 15) is 13.6 Å². The number of rotatable bonds is 2. The van der Waals surface area contributed by atoms with Crippen molar-refractivity contribution in [1.82, 2.24) is 0 Å². The molecule has 1 aliphatic rings. The molecule has 1 saturated heterocycles. The first-order valence-corrected chi connectivity index (χ1v) is 4.37. The van der Waals surface area contributed by atoms with Crippen LogP contribution in [-0.4, -0.2) is 35.6 Å². The summed E-state index contributed by atoms with van der Waals surface area (Å²) in [6.45, 7) is 0.443. The molecule has 2 atom stereocenters. The van der Waals surface area contributed by atoms with Crippen LogP contribution in [-0.2, 0) is 14.3 Å². The highest BCUT2D eigenvalue weighted by atomic mass is 32.1. The highest BCUT2D eigenvalue weighted by molar-refractivity contribution is 7.80. The molecule has 3 nitrogen and oxygen atoms in total. The van der Waals surface area contributed by atoms with Crippen LogP contribution in [0.4, 0.5) is 8.78 Å². The standard InChI is InChI=1S/C8H10F2O3S/c1-7(3-9)5(11)12-8(2,4-10)6(14)13-7/h3-4H2,1-2H3. The van der Waals surface area contributed by atoms with E-state index >= 15 is 0 Å². The maximum absolute atomic E-state index is 12.5. The van der Waals surface area contributed by atoms with Crippen LogP contribution in [0.2, 0.25) is 0 Å². The monoisotopic (exact) mass is 224 g/mol. The van der Waals surface area contributed by atoms with Crippen LogP contribution < -0.4 is 0 Å². The second-order valence-electron chi connectivity index (χ2n) is 3.51. The van der Waals surface area contributed by atoms with Gasteiger partial charge >= 0.3 is 5.97 Å². The third-order valence-corrected chi connectivity index (χ3v) is 2.52. The summed E-state index contributed by atoms with van der Waals surface area (Å²) in [5.41, 5.74) is -3.30. The Bertz CT molecular complexity index is 256. The van der Waals surface area contributed by atoms with Crippen molar-refractivity contribution in [2.45, 2.75) is 25.0 Å². The maximum atomic E-state index is 12.5. The number of halogens is 2. The van der Waals surface area contributed by atoms with E-state index in [4.69, 9.17) is 21.7 Å². The molecular formula is C8H10F2O3S. The molecule has 0 radical (unpaired) electrons. The van der Waals surface area contributed by atoms with Crippen molar-refractivity contribution in [2.24, 2.45) is 0 Å². The van der Waals surface area contributed by atoms with Gasteiger partial charge in [0.25, 0.3) is 0 Å². The van der Waals surface area contributed by atoms with Gasteiger partial charge < -0.3 is 9.47 Å². The van der Waals surface area contributed by atoms with Crippen molar-refractivity contribution < 1.29 is 23.0 Å². The van der Waals surface area contributed by atoms with Crippen molar-refractivity contribution >= 4 is 23.2 Å². The zero-order chi connectivity index (χ0) is 11.0. The van der Waals surface area contributed by atoms with Crippen LogP contribution in [0.3, 0.4) is 0 Å². The quantitative estimate of drug-likeness (QED) is 0.524. The van der Waals surface area contributed by atoms with Gasteiger partial charge in [0, 0.05) is 0 Å². The lowest BCUT2D eigenvalue weighted by Gasteiger charge is -2.39. The fraction of sp³-hybridized carbons (Fsp3) is 0.750. The lowest BCUT2D eigenvalue weighted by molar-refractivity contribution is -0.186. The zero-order valence-electron chi connectivity index (χ0n) is 7.80. The predicted molar refractivity (Wildman–Crippen MR) is 48.5 cm³/mol. The van der Waals surface area contributed by atoms with E-state index in [0.29, 0.717) is 0 Å². The van der Waals surface area contributed by atoms with Gasteiger partial charge in [-0.3, -0.25) is 0 Å². The molecule has 0 aromatic rings. The molecule has 14 heavy (non-hydrogen) atoms. The van der Waals surface area contributed by atoms with Crippen molar-refractivity contribution in [3.8, 4) is 0 Å². The lowest BCUT2D eigenvalue weighted by Crippen LogP contribution is -2.58. The van der Waals surface area contributed by atoms with E-state index in [1.54, 1.807) is 0 Å². The van der Waals surface area contributed by atoms with Crippen LogP contribution >= 0.6 is 12.2 Å². The topological polar surface area (TPSA) is 35.5 Å². The normalized spacial score (nSPS) is 37.7. The smallest absolute Gasteiger partial charge is 0.354 e. The van der Waals surface area contributed by atoms with Gasteiger partial charge in [-0.1, -0.05) is 0 Å². The highest BCUT2D eigenvalue weighted by Gasteiger charge is 2.51. The summed E-state index contributed by atoms with van der Waals surface area (Å²) in [5.74, 6) is -0.936. The second kappa shape index (κ2) is 3.42. The molecule has 0 aromatic heterocycles. The fourth-order valence-corrected chi connectivity index (χ4v) is 1.15. The zero-order valence-corrected chi connectivity index (χ0v) is 8.62. The minimum atomic E-state index is -1.73. The summed E-state index contributed by atoms with van der Waals surface area (Å²) < 4.78 is 34.6. The largest absolute Gasteiger partial charge is 0.462 e. The minimum absolute atomic E-state index is 0.236. The summed E-state index contributed by atoms with van der Waals surface area (Å²) in [4.78, 5) is 11.3. The number of carbonyl (C=O) groups is 1. The van der Waals surface area contributed by atoms with Crippen LogP contribution in [0, 0.1) is 0 Å². The molecular weight excluding hydrogens is 214 g/mol. The number of carbonyl (C=O) groups excluding carboxylic acids is 1. The Kier molecular flexibility index (Phi) is 2.76. The summed E-state index contributed by atoms with van der Waals surface area (Å²) in [5, 5.41) is -0.236. The molecule has 80 valence electrons. The summed E-state index contributed by atoms with van der Waals surface area (Å²) in [6.07, 6.45) is 0. The van der Waals surface area contributed by atoms with Crippen LogP contribution in [0.5, 0.6) is 0 Å². The minimum Gasteiger partial charge on any atom is -0.462 e.